The quantitative estimate of drug-likeness (QED) is 0.523. The van der Waals surface area contributed by atoms with E-state index in [0.29, 0.717) is 12.3 Å². The molecule has 0 bridgehead atoms. The van der Waals surface area contributed by atoms with E-state index in [9.17, 15) is 4.79 Å². The van der Waals surface area contributed by atoms with Gasteiger partial charge in [0.2, 0.25) is 5.91 Å². The van der Waals surface area contributed by atoms with E-state index < -0.39 is 0 Å². The average Bonchev–Trinajstić information content (AvgIpc) is 2.73. The molecule has 2 nitrogen and oxygen atoms in total. The molecule has 0 aliphatic carbocycles. The maximum atomic E-state index is 12.9. The minimum atomic E-state index is 0.0446. The number of para-hydroxylation sites is 1. The molecular formula is C25H27NO. The molecule has 1 amide bonds. The Kier molecular flexibility index (Phi) is 6.43. The number of rotatable bonds is 7. The van der Waals surface area contributed by atoms with Crippen molar-refractivity contribution in [1.82, 2.24) is 0 Å². The van der Waals surface area contributed by atoms with Crippen molar-refractivity contribution in [1.29, 1.82) is 0 Å². The third-order valence-corrected chi connectivity index (χ3v) is 5.17. The van der Waals surface area contributed by atoms with Crippen LogP contribution >= 0.6 is 0 Å². The van der Waals surface area contributed by atoms with E-state index in [-0.39, 0.29) is 11.8 Å². The standard InChI is InChI=1S/C25H27NO/c1-3-19(2)22-16-10-11-17-24(22)26-25(27)18-23(20-12-6-4-7-13-20)21-14-8-5-9-15-21/h4-17,19,23H,3,18H2,1-2H3,(H,26,27)/t19-/m0/s1. The summed E-state index contributed by atoms with van der Waals surface area (Å²) in [6.45, 7) is 4.37. The van der Waals surface area contributed by atoms with Crippen LogP contribution in [-0.2, 0) is 4.79 Å². The maximum absolute atomic E-state index is 12.9. The minimum absolute atomic E-state index is 0.0446. The largest absolute Gasteiger partial charge is 0.326 e. The maximum Gasteiger partial charge on any atom is 0.225 e. The van der Waals surface area contributed by atoms with Gasteiger partial charge >= 0.3 is 0 Å². The second kappa shape index (κ2) is 9.18. The first-order valence-electron chi connectivity index (χ1n) is 9.67. The van der Waals surface area contributed by atoms with Crippen LogP contribution in [0, 0.1) is 0 Å². The summed E-state index contributed by atoms with van der Waals surface area (Å²) in [4.78, 5) is 12.9. The van der Waals surface area contributed by atoms with E-state index in [4.69, 9.17) is 0 Å². The molecule has 3 aromatic rings. The van der Waals surface area contributed by atoms with Crippen molar-refractivity contribution in [3.8, 4) is 0 Å². The first kappa shape index (κ1) is 18.9. The van der Waals surface area contributed by atoms with Gasteiger partial charge < -0.3 is 5.32 Å². The van der Waals surface area contributed by atoms with Gasteiger partial charge in [0.1, 0.15) is 0 Å². The lowest BCUT2D eigenvalue weighted by Crippen LogP contribution is -2.17. The predicted octanol–water partition coefficient (Wildman–Crippen LogP) is 6.36. The molecule has 3 aromatic carbocycles. The van der Waals surface area contributed by atoms with Crippen molar-refractivity contribution >= 4 is 11.6 Å². The van der Waals surface area contributed by atoms with E-state index >= 15 is 0 Å². The molecule has 1 N–H and O–H groups in total. The SMILES string of the molecule is CC[C@H](C)c1ccccc1NC(=O)CC(c1ccccc1)c1ccccc1. The Bertz CT molecular complexity index is 818. The number of benzene rings is 3. The highest BCUT2D eigenvalue weighted by Gasteiger charge is 2.19. The molecule has 0 aliphatic heterocycles. The minimum Gasteiger partial charge on any atom is -0.326 e. The second-order valence-corrected chi connectivity index (χ2v) is 7.02. The molecule has 3 rings (SSSR count). The molecule has 0 heterocycles. The molecule has 2 heteroatoms. The summed E-state index contributed by atoms with van der Waals surface area (Å²) in [6.07, 6.45) is 1.46. The highest BCUT2D eigenvalue weighted by atomic mass is 16.1. The zero-order valence-electron chi connectivity index (χ0n) is 16.1. The average molecular weight is 357 g/mol. The molecule has 0 spiro atoms. The van der Waals surface area contributed by atoms with E-state index in [1.165, 1.54) is 5.56 Å². The molecule has 0 saturated carbocycles. The van der Waals surface area contributed by atoms with Crippen molar-refractivity contribution in [2.75, 3.05) is 5.32 Å². The van der Waals surface area contributed by atoms with Gasteiger partial charge in [-0.2, -0.15) is 0 Å². The van der Waals surface area contributed by atoms with Crippen molar-refractivity contribution in [2.24, 2.45) is 0 Å². The van der Waals surface area contributed by atoms with Gasteiger partial charge in [-0.1, -0.05) is 92.7 Å². The number of carbonyl (C=O) groups excluding carboxylic acids is 1. The first-order valence-corrected chi connectivity index (χ1v) is 9.67. The van der Waals surface area contributed by atoms with Gasteiger partial charge in [-0.3, -0.25) is 4.79 Å². The van der Waals surface area contributed by atoms with Gasteiger partial charge in [0.25, 0.3) is 0 Å². The number of amides is 1. The van der Waals surface area contributed by atoms with E-state index in [2.05, 4.69) is 49.5 Å². The van der Waals surface area contributed by atoms with Crippen molar-refractivity contribution in [3.63, 3.8) is 0 Å². The summed E-state index contributed by atoms with van der Waals surface area (Å²) in [7, 11) is 0. The van der Waals surface area contributed by atoms with E-state index in [1.54, 1.807) is 0 Å². The van der Waals surface area contributed by atoms with Gasteiger partial charge in [0.15, 0.2) is 0 Å². The number of carbonyl (C=O) groups is 1. The monoisotopic (exact) mass is 357 g/mol. The van der Waals surface area contributed by atoms with Crippen LogP contribution in [0.2, 0.25) is 0 Å². The van der Waals surface area contributed by atoms with Gasteiger partial charge in [0.05, 0.1) is 0 Å². The van der Waals surface area contributed by atoms with Crippen LogP contribution in [0.1, 0.15) is 55.2 Å². The zero-order valence-corrected chi connectivity index (χ0v) is 16.1. The Balaban J connectivity index is 1.82. The molecule has 0 unspecified atom stereocenters. The molecular weight excluding hydrogens is 330 g/mol. The Morgan fingerprint density at radius 3 is 1.89 bits per heavy atom. The van der Waals surface area contributed by atoms with E-state index in [0.717, 1.165) is 23.2 Å². The lowest BCUT2D eigenvalue weighted by Gasteiger charge is -2.20. The van der Waals surface area contributed by atoms with Crippen LogP contribution in [-0.4, -0.2) is 5.91 Å². The zero-order chi connectivity index (χ0) is 19.1. The third kappa shape index (κ3) is 4.85. The summed E-state index contributed by atoms with van der Waals surface area (Å²) >= 11 is 0. The number of hydrogen-bond donors (Lipinski definition) is 1. The van der Waals surface area contributed by atoms with Crippen LogP contribution in [0.15, 0.2) is 84.9 Å². The Labute approximate surface area is 162 Å². The lowest BCUT2D eigenvalue weighted by atomic mass is 9.88. The molecule has 0 fully saturated rings. The number of hydrogen-bond acceptors (Lipinski definition) is 1. The first-order chi connectivity index (χ1) is 13.2. The van der Waals surface area contributed by atoms with Gasteiger partial charge in [-0.15, -0.1) is 0 Å². The summed E-state index contributed by atoms with van der Waals surface area (Å²) in [6, 6.07) is 28.6. The normalized spacial score (nSPS) is 12.0. The Morgan fingerprint density at radius 2 is 1.33 bits per heavy atom. The molecule has 1 atom stereocenters. The summed E-state index contributed by atoms with van der Waals surface area (Å²) < 4.78 is 0. The number of anilines is 1. The molecule has 0 aromatic heterocycles. The molecule has 0 saturated heterocycles. The fourth-order valence-corrected chi connectivity index (χ4v) is 3.45. The smallest absolute Gasteiger partial charge is 0.225 e. The fraction of sp³-hybridized carbons (Fsp3) is 0.240. The van der Waals surface area contributed by atoms with Gasteiger partial charge in [0, 0.05) is 18.0 Å². The van der Waals surface area contributed by atoms with Crippen molar-refractivity contribution in [3.05, 3.63) is 102 Å². The van der Waals surface area contributed by atoms with Crippen molar-refractivity contribution in [2.45, 2.75) is 38.5 Å². The highest BCUT2D eigenvalue weighted by Crippen LogP contribution is 2.30. The summed E-state index contributed by atoms with van der Waals surface area (Å²) in [5, 5.41) is 3.16. The predicted molar refractivity (Wildman–Crippen MR) is 113 cm³/mol. The van der Waals surface area contributed by atoms with Gasteiger partial charge in [-0.05, 0) is 35.1 Å². The molecule has 0 aliphatic rings. The lowest BCUT2D eigenvalue weighted by molar-refractivity contribution is -0.116. The van der Waals surface area contributed by atoms with Crippen LogP contribution in [0.5, 0.6) is 0 Å². The van der Waals surface area contributed by atoms with Crippen LogP contribution in [0.4, 0.5) is 5.69 Å². The Morgan fingerprint density at radius 1 is 0.815 bits per heavy atom. The Hall–Kier alpha value is -2.87. The molecule has 27 heavy (non-hydrogen) atoms. The highest BCUT2D eigenvalue weighted by molar-refractivity contribution is 5.92. The van der Waals surface area contributed by atoms with Crippen LogP contribution < -0.4 is 5.32 Å². The second-order valence-electron chi connectivity index (χ2n) is 7.02. The van der Waals surface area contributed by atoms with Crippen LogP contribution in [0.25, 0.3) is 0 Å². The summed E-state index contributed by atoms with van der Waals surface area (Å²) in [5.74, 6) is 0.507. The van der Waals surface area contributed by atoms with Gasteiger partial charge in [-0.25, -0.2) is 0 Å². The van der Waals surface area contributed by atoms with E-state index in [1.807, 2.05) is 54.6 Å². The van der Waals surface area contributed by atoms with Crippen molar-refractivity contribution < 1.29 is 4.79 Å². The fourth-order valence-electron chi connectivity index (χ4n) is 3.45. The topological polar surface area (TPSA) is 29.1 Å². The summed E-state index contributed by atoms with van der Waals surface area (Å²) in [5.41, 5.74) is 4.45. The third-order valence-electron chi connectivity index (χ3n) is 5.17. The van der Waals surface area contributed by atoms with Crippen LogP contribution in [0.3, 0.4) is 0 Å². The molecule has 0 radical (unpaired) electrons. The molecule has 138 valence electrons. The number of nitrogens with one attached hydrogen (secondary N) is 1.